The predicted molar refractivity (Wildman–Crippen MR) is 49.7 cm³/mol. The van der Waals surface area contributed by atoms with Gasteiger partial charge in [0.15, 0.2) is 0 Å². The second-order valence-electron chi connectivity index (χ2n) is 2.78. The van der Waals surface area contributed by atoms with E-state index in [1.54, 1.807) is 6.08 Å². The highest BCUT2D eigenvalue weighted by molar-refractivity contribution is 4.99. The van der Waals surface area contributed by atoms with E-state index in [9.17, 15) is 0 Å². The zero-order valence-corrected chi connectivity index (χ0v) is 7.49. The molecule has 0 aromatic carbocycles. The molecular weight excluding hydrogens is 152 g/mol. The van der Waals surface area contributed by atoms with Gasteiger partial charge in [-0.25, -0.2) is 0 Å². The first-order valence-electron chi connectivity index (χ1n) is 4.18. The van der Waals surface area contributed by atoms with E-state index in [4.69, 9.17) is 4.84 Å². The molecule has 1 unspecified atom stereocenters. The Morgan fingerprint density at radius 2 is 2.67 bits per heavy atom. The fourth-order valence-corrected chi connectivity index (χ4v) is 1.12. The van der Waals surface area contributed by atoms with Crippen molar-refractivity contribution in [1.29, 1.82) is 0 Å². The highest BCUT2D eigenvalue weighted by atomic mass is 16.7. The number of hydrogen-bond acceptors (Lipinski definition) is 3. The molecule has 12 heavy (non-hydrogen) atoms. The highest BCUT2D eigenvalue weighted by Crippen LogP contribution is 2.01. The number of nitrogens with one attached hydrogen (secondary N) is 1. The second-order valence-corrected chi connectivity index (χ2v) is 2.78. The number of hydrogen-bond donors (Lipinski definition) is 1. The molecule has 3 nitrogen and oxygen atoms in total. The van der Waals surface area contributed by atoms with E-state index in [-0.39, 0.29) is 0 Å². The lowest BCUT2D eigenvalue weighted by Gasteiger charge is -2.26. The monoisotopic (exact) mass is 168 g/mol. The van der Waals surface area contributed by atoms with Gasteiger partial charge in [0.05, 0.1) is 12.6 Å². The molecule has 1 aliphatic heterocycles. The van der Waals surface area contributed by atoms with Crippen LogP contribution in [0, 0.1) is 0 Å². The van der Waals surface area contributed by atoms with E-state index in [2.05, 4.69) is 24.0 Å². The molecule has 0 saturated carbocycles. The van der Waals surface area contributed by atoms with Gasteiger partial charge in [-0.2, -0.15) is 5.06 Å². The highest BCUT2D eigenvalue weighted by Gasteiger charge is 2.12. The van der Waals surface area contributed by atoms with Gasteiger partial charge in [-0.15, -0.1) is 6.58 Å². The minimum atomic E-state index is 0.346. The van der Waals surface area contributed by atoms with Gasteiger partial charge in [0.25, 0.3) is 0 Å². The smallest absolute Gasteiger partial charge is 0.0864 e. The molecule has 3 heteroatoms. The van der Waals surface area contributed by atoms with Crippen molar-refractivity contribution in [2.45, 2.75) is 6.04 Å². The van der Waals surface area contributed by atoms with Gasteiger partial charge in [-0.05, 0) is 0 Å². The average Bonchev–Trinajstić information content (AvgIpc) is 2.15. The van der Waals surface area contributed by atoms with Gasteiger partial charge in [0.1, 0.15) is 0 Å². The lowest BCUT2D eigenvalue weighted by atomic mass is 10.2. The zero-order chi connectivity index (χ0) is 8.81. The topological polar surface area (TPSA) is 24.5 Å². The average molecular weight is 168 g/mol. The molecule has 0 fully saturated rings. The van der Waals surface area contributed by atoms with E-state index in [1.165, 1.54) is 0 Å². The van der Waals surface area contributed by atoms with Crippen molar-refractivity contribution in [1.82, 2.24) is 10.4 Å². The summed E-state index contributed by atoms with van der Waals surface area (Å²) in [6, 6.07) is 0.346. The third kappa shape index (κ3) is 2.77. The Morgan fingerprint density at radius 3 is 3.25 bits per heavy atom. The van der Waals surface area contributed by atoms with Crippen LogP contribution in [0.5, 0.6) is 0 Å². The Morgan fingerprint density at radius 1 is 1.83 bits per heavy atom. The van der Waals surface area contributed by atoms with E-state index in [1.807, 2.05) is 12.1 Å². The Labute approximate surface area is 73.7 Å². The summed E-state index contributed by atoms with van der Waals surface area (Å²) >= 11 is 0. The largest absolute Gasteiger partial charge is 0.311 e. The first kappa shape index (κ1) is 9.45. The normalized spacial score (nSPS) is 23.0. The molecule has 1 atom stereocenters. The van der Waals surface area contributed by atoms with Crippen LogP contribution in [-0.4, -0.2) is 37.8 Å². The van der Waals surface area contributed by atoms with Crippen LogP contribution in [0.4, 0.5) is 0 Å². The van der Waals surface area contributed by atoms with E-state index >= 15 is 0 Å². The fourth-order valence-electron chi connectivity index (χ4n) is 1.12. The van der Waals surface area contributed by atoms with Gasteiger partial charge < -0.3 is 5.32 Å². The summed E-state index contributed by atoms with van der Waals surface area (Å²) < 4.78 is 0. The summed E-state index contributed by atoms with van der Waals surface area (Å²) in [5.41, 5.74) is 0. The quantitative estimate of drug-likeness (QED) is 0.490. The van der Waals surface area contributed by atoms with Gasteiger partial charge >= 0.3 is 0 Å². The third-order valence-electron chi connectivity index (χ3n) is 1.84. The van der Waals surface area contributed by atoms with Crippen LogP contribution in [0.25, 0.3) is 0 Å². The maximum atomic E-state index is 5.35. The van der Waals surface area contributed by atoms with Crippen LogP contribution < -0.4 is 5.32 Å². The van der Waals surface area contributed by atoms with Crippen molar-refractivity contribution in [2.24, 2.45) is 0 Å². The third-order valence-corrected chi connectivity index (χ3v) is 1.84. The maximum Gasteiger partial charge on any atom is 0.0864 e. The lowest BCUT2D eigenvalue weighted by molar-refractivity contribution is -0.145. The predicted octanol–water partition coefficient (Wildman–Crippen LogP) is 0.564. The van der Waals surface area contributed by atoms with E-state index in [0.717, 1.165) is 13.1 Å². The molecule has 68 valence electrons. The van der Waals surface area contributed by atoms with Crippen LogP contribution in [0.2, 0.25) is 0 Å². The van der Waals surface area contributed by atoms with E-state index in [0.29, 0.717) is 12.6 Å². The van der Waals surface area contributed by atoms with Crippen LogP contribution in [0.1, 0.15) is 0 Å². The van der Waals surface area contributed by atoms with Crippen molar-refractivity contribution < 1.29 is 4.84 Å². The fraction of sp³-hybridized carbons (Fsp3) is 0.556. The van der Waals surface area contributed by atoms with Crippen LogP contribution in [-0.2, 0) is 4.84 Å². The molecule has 1 aliphatic rings. The first-order chi connectivity index (χ1) is 5.84. The van der Waals surface area contributed by atoms with Gasteiger partial charge in [-0.1, -0.05) is 18.2 Å². The summed E-state index contributed by atoms with van der Waals surface area (Å²) in [5.74, 6) is 0. The number of rotatable bonds is 4. The number of hydroxylamine groups is 2. The molecule has 1 N–H and O–H groups in total. The Hall–Kier alpha value is -0.640. The summed E-state index contributed by atoms with van der Waals surface area (Å²) in [6.07, 6.45) is 6.01. The van der Waals surface area contributed by atoms with Crippen molar-refractivity contribution in [3.63, 3.8) is 0 Å². The molecule has 0 aromatic heterocycles. The molecule has 0 aliphatic carbocycles. The standard InChI is InChI=1S/C9H16N2O/c1-3-7-12-11(2)9-5-4-6-10-8-9/h3-5,9-10H,1,6-8H2,2H3. The number of nitrogens with zero attached hydrogens (tertiary/aromatic N) is 1. The second kappa shape index (κ2) is 5.09. The number of likely N-dealkylation sites (N-methyl/N-ethyl adjacent to an activating group) is 1. The molecular formula is C9H16N2O. The molecule has 0 saturated heterocycles. The lowest BCUT2D eigenvalue weighted by Crippen LogP contribution is -2.41. The van der Waals surface area contributed by atoms with Crippen LogP contribution in [0.15, 0.2) is 24.8 Å². The molecule has 1 heterocycles. The van der Waals surface area contributed by atoms with Crippen molar-refractivity contribution in [3.05, 3.63) is 24.8 Å². The summed E-state index contributed by atoms with van der Waals surface area (Å²) in [6.45, 7) is 6.08. The molecule has 0 amide bonds. The SMILES string of the molecule is C=CCON(C)C1C=CCNC1. The van der Waals surface area contributed by atoms with Crippen molar-refractivity contribution >= 4 is 0 Å². The maximum absolute atomic E-state index is 5.35. The summed E-state index contributed by atoms with van der Waals surface area (Å²) in [7, 11) is 1.94. The zero-order valence-electron chi connectivity index (χ0n) is 7.49. The molecule has 0 radical (unpaired) electrons. The minimum Gasteiger partial charge on any atom is -0.311 e. The summed E-state index contributed by atoms with van der Waals surface area (Å²) in [4.78, 5) is 5.35. The van der Waals surface area contributed by atoms with Crippen LogP contribution >= 0.6 is 0 Å². The van der Waals surface area contributed by atoms with E-state index < -0.39 is 0 Å². The minimum absolute atomic E-state index is 0.346. The molecule has 0 spiro atoms. The molecule has 0 aromatic rings. The Kier molecular flexibility index (Phi) is 4.00. The van der Waals surface area contributed by atoms with Crippen LogP contribution in [0.3, 0.4) is 0 Å². The Bertz CT molecular complexity index is 168. The van der Waals surface area contributed by atoms with Crippen molar-refractivity contribution in [2.75, 3.05) is 26.7 Å². The molecule has 0 bridgehead atoms. The summed E-state index contributed by atoms with van der Waals surface area (Å²) in [5, 5.41) is 5.11. The van der Waals surface area contributed by atoms with Gasteiger partial charge in [0, 0.05) is 20.1 Å². The van der Waals surface area contributed by atoms with Crippen molar-refractivity contribution in [3.8, 4) is 0 Å². The molecule has 1 rings (SSSR count). The van der Waals surface area contributed by atoms with Gasteiger partial charge in [-0.3, -0.25) is 4.84 Å². The first-order valence-corrected chi connectivity index (χ1v) is 4.18. The Balaban J connectivity index is 2.29. The van der Waals surface area contributed by atoms with Gasteiger partial charge in [0.2, 0.25) is 0 Å².